The van der Waals surface area contributed by atoms with E-state index in [0.29, 0.717) is 12.6 Å². The van der Waals surface area contributed by atoms with Crippen molar-refractivity contribution in [2.45, 2.75) is 91.0 Å². The number of benzene rings is 1. The topological polar surface area (TPSA) is 39.3 Å². The van der Waals surface area contributed by atoms with Crippen molar-refractivity contribution in [2.24, 2.45) is 0 Å². The van der Waals surface area contributed by atoms with E-state index in [1.165, 1.54) is 51.9 Å². The van der Waals surface area contributed by atoms with Crippen molar-refractivity contribution in [1.29, 1.82) is 0 Å². The van der Waals surface area contributed by atoms with Crippen LogP contribution in [0.15, 0.2) is 29.2 Å². The van der Waals surface area contributed by atoms with E-state index in [-0.39, 0.29) is 0 Å². The van der Waals surface area contributed by atoms with Gasteiger partial charge in [-0.2, -0.15) is 0 Å². The van der Waals surface area contributed by atoms with Crippen molar-refractivity contribution in [2.75, 3.05) is 71.8 Å². The maximum atomic E-state index is 11.7. The first-order valence-corrected chi connectivity index (χ1v) is 17.3. The van der Waals surface area contributed by atoms with Gasteiger partial charge in [-0.15, -0.1) is 0 Å². The van der Waals surface area contributed by atoms with Crippen LogP contribution >= 0.6 is 12.2 Å². The third-order valence-corrected chi connectivity index (χ3v) is 8.29. The lowest BCUT2D eigenvalue weighted by molar-refractivity contribution is 0.212. The minimum atomic E-state index is -0.978. The SMILES string of the molecule is CCCN(CCC)CCCN(CCCN(CCC)CCC)C(=S)N(CCOc1ccc(S(C)=O)cc1)C(C)C. The molecular weight excluding hydrogens is 525 g/mol. The second-order valence-corrected chi connectivity index (χ2v) is 12.5. The van der Waals surface area contributed by atoms with Crippen LogP contribution in [0.25, 0.3) is 0 Å². The molecule has 0 saturated carbocycles. The predicted octanol–water partition coefficient (Wildman–Crippen LogP) is 6.12. The minimum Gasteiger partial charge on any atom is -0.492 e. The molecule has 0 aromatic heterocycles. The molecule has 1 atom stereocenters. The zero-order chi connectivity index (χ0) is 29.0. The molecule has 1 aromatic rings. The number of rotatable bonds is 22. The van der Waals surface area contributed by atoms with Crippen LogP contribution < -0.4 is 4.74 Å². The summed E-state index contributed by atoms with van der Waals surface area (Å²) < 4.78 is 17.7. The summed E-state index contributed by atoms with van der Waals surface area (Å²) in [4.78, 5) is 10.8. The highest BCUT2D eigenvalue weighted by Crippen LogP contribution is 2.15. The highest BCUT2D eigenvalue weighted by Gasteiger charge is 2.20. The summed E-state index contributed by atoms with van der Waals surface area (Å²) in [6.07, 6.45) is 8.75. The van der Waals surface area contributed by atoms with Crippen molar-refractivity contribution < 1.29 is 8.95 Å². The summed E-state index contributed by atoms with van der Waals surface area (Å²) in [5, 5.41) is 0.945. The standard InChI is InChI=1S/C31H58N4O2S2/c1-8-18-32(19-9-2)22-12-24-34(25-13-23-33(20-10-3)21-11-4)31(38)35(28(5)6)26-27-37-29-14-16-30(17-15-29)39(7)36/h14-17,28H,8-13,18-27H2,1-7H3. The van der Waals surface area contributed by atoms with Gasteiger partial charge in [0.2, 0.25) is 0 Å². The molecule has 1 unspecified atom stereocenters. The van der Waals surface area contributed by atoms with Crippen molar-refractivity contribution >= 4 is 28.1 Å². The second-order valence-electron chi connectivity index (χ2n) is 10.7. The molecule has 0 spiro atoms. The Hall–Kier alpha value is -1.22. The number of ether oxygens (including phenoxy) is 1. The summed E-state index contributed by atoms with van der Waals surface area (Å²) in [5.41, 5.74) is 0. The number of hydrogen-bond donors (Lipinski definition) is 0. The fraction of sp³-hybridized carbons (Fsp3) is 0.774. The third kappa shape index (κ3) is 14.8. The number of thiocarbonyl (C=S) groups is 1. The monoisotopic (exact) mass is 582 g/mol. The second kappa shape index (κ2) is 21.5. The van der Waals surface area contributed by atoms with Crippen LogP contribution in [0.5, 0.6) is 5.75 Å². The molecule has 0 N–H and O–H groups in total. The smallest absolute Gasteiger partial charge is 0.171 e. The summed E-state index contributed by atoms with van der Waals surface area (Å²) in [6.45, 7) is 23.7. The lowest BCUT2D eigenvalue weighted by Crippen LogP contribution is -2.49. The fourth-order valence-electron chi connectivity index (χ4n) is 4.95. The van der Waals surface area contributed by atoms with Crippen molar-refractivity contribution in [3.63, 3.8) is 0 Å². The summed E-state index contributed by atoms with van der Waals surface area (Å²) in [6, 6.07) is 7.84. The van der Waals surface area contributed by atoms with Gasteiger partial charge in [-0.3, -0.25) is 4.21 Å². The first-order valence-electron chi connectivity index (χ1n) is 15.3. The molecule has 1 rings (SSSR count). The van der Waals surface area contributed by atoms with Gasteiger partial charge in [0.15, 0.2) is 5.11 Å². The van der Waals surface area contributed by atoms with E-state index in [2.05, 4.69) is 61.1 Å². The van der Waals surface area contributed by atoms with Gasteiger partial charge in [-0.05, 0) is 128 Å². The van der Waals surface area contributed by atoms with Crippen LogP contribution in [0.2, 0.25) is 0 Å². The largest absolute Gasteiger partial charge is 0.492 e. The molecule has 39 heavy (non-hydrogen) atoms. The van der Waals surface area contributed by atoms with Crippen LogP contribution in [0.4, 0.5) is 0 Å². The van der Waals surface area contributed by atoms with Crippen LogP contribution in [0.3, 0.4) is 0 Å². The van der Waals surface area contributed by atoms with Crippen molar-refractivity contribution in [1.82, 2.24) is 19.6 Å². The average Bonchev–Trinajstić information content (AvgIpc) is 2.90. The van der Waals surface area contributed by atoms with Gasteiger partial charge in [0, 0.05) is 41.1 Å². The van der Waals surface area contributed by atoms with Gasteiger partial charge in [0.1, 0.15) is 12.4 Å². The molecule has 0 bridgehead atoms. The molecule has 8 heteroatoms. The van der Waals surface area contributed by atoms with Crippen LogP contribution in [-0.4, -0.2) is 107 Å². The van der Waals surface area contributed by atoms with E-state index < -0.39 is 10.8 Å². The van der Waals surface area contributed by atoms with Crippen LogP contribution in [0.1, 0.15) is 80.1 Å². The Bertz CT molecular complexity index is 757. The van der Waals surface area contributed by atoms with E-state index in [1.54, 1.807) is 6.26 Å². The first-order chi connectivity index (χ1) is 18.8. The maximum absolute atomic E-state index is 11.7. The Morgan fingerprint density at radius 1 is 0.769 bits per heavy atom. The zero-order valence-electron chi connectivity index (χ0n) is 26.1. The van der Waals surface area contributed by atoms with E-state index in [0.717, 1.165) is 61.3 Å². The predicted molar refractivity (Wildman–Crippen MR) is 174 cm³/mol. The molecule has 0 radical (unpaired) electrons. The Labute approximate surface area is 248 Å². The zero-order valence-corrected chi connectivity index (χ0v) is 27.8. The summed E-state index contributed by atoms with van der Waals surface area (Å²) in [7, 11) is -0.978. The van der Waals surface area contributed by atoms with Gasteiger partial charge in [0.05, 0.1) is 6.54 Å². The molecule has 0 amide bonds. The number of hydrogen-bond acceptors (Lipinski definition) is 5. The first kappa shape index (κ1) is 35.8. The molecule has 0 saturated heterocycles. The fourth-order valence-corrected chi connectivity index (χ4v) is 5.96. The highest BCUT2D eigenvalue weighted by molar-refractivity contribution is 7.84. The quantitative estimate of drug-likeness (QED) is 0.152. The third-order valence-electron chi connectivity index (χ3n) is 6.86. The van der Waals surface area contributed by atoms with Gasteiger partial charge >= 0.3 is 0 Å². The number of nitrogens with zero attached hydrogens (tertiary/aromatic N) is 4. The Balaban J connectivity index is 2.83. The van der Waals surface area contributed by atoms with Crippen molar-refractivity contribution in [3.05, 3.63) is 24.3 Å². The molecule has 226 valence electrons. The van der Waals surface area contributed by atoms with Crippen LogP contribution in [0, 0.1) is 0 Å². The van der Waals surface area contributed by atoms with E-state index >= 15 is 0 Å². The lowest BCUT2D eigenvalue weighted by Gasteiger charge is -2.37. The summed E-state index contributed by atoms with van der Waals surface area (Å²) >= 11 is 6.15. The van der Waals surface area contributed by atoms with E-state index in [1.807, 2.05) is 24.3 Å². The lowest BCUT2D eigenvalue weighted by atomic mass is 10.2. The van der Waals surface area contributed by atoms with Gasteiger partial charge in [0.25, 0.3) is 0 Å². The molecule has 6 nitrogen and oxygen atoms in total. The Kier molecular flexibility index (Phi) is 19.8. The van der Waals surface area contributed by atoms with Gasteiger partial charge < -0.3 is 24.3 Å². The normalized spacial score (nSPS) is 12.4. The average molecular weight is 583 g/mol. The van der Waals surface area contributed by atoms with Gasteiger partial charge in [-0.1, -0.05) is 27.7 Å². The molecule has 1 aromatic carbocycles. The highest BCUT2D eigenvalue weighted by atomic mass is 32.2. The summed E-state index contributed by atoms with van der Waals surface area (Å²) in [5.74, 6) is 0.801. The Morgan fingerprint density at radius 3 is 1.62 bits per heavy atom. The van der Waals surface area contributed by atoms with Gasteiger partial charge in [-0.25, -0.2) is 0 Å². The minimum absolute atomic E-state index is 0.293. The van der Waals surface area contributed by atoms with Crippen molar-refractivity contribution in [3.8, 4) is 5.75 Å². The molecule has 0 fully saturated rings. The molecule has 0 aliphatic carbocycles. The molecule has 0 heterocycles. The van der Waals surface area contributed by atoms with E-state index in [4.69, 9.17) is 17.0 Å². The molecule has 0 aliphatic rings. The molecule has 0 aliphatic heterocycles. The maximum Gasteiger partial charge on any atom is 0.171 e. The van der Waals surface area contributed by atoms with E-state index in [9.17, 15) is 4.21 Å². The Morgan fingerprint density at radius 2 is 1.23 bits per heavy atom. The molecular formula is C31H58N4O2S2. The van der Waals surface area contributed by atoms with Crippen LogP contribution in [-0.2, 0) is 10.8 Å².